The lowest BCUT2D eigenvalue weighted by Crippen LogP contribution is -2.07. The summed E-state index contributed by atoms with van der Waals surface area (Å²) in [6.45, 7) is 1.85. The molecule has 0 fully saturated rings. The normalized spacial score (nSPS) is 13.9. The van der Waals surface area contributed by atoms with Crippen LogP contribution in [0.25, 0.3) is 0 Å². The third kappa shape index (κ3) is 3.73. The summed E-state index contributed by atoms with van der Waals surface area (Å²) in [7, 11) is -3.01. The minimum absolute atomic E-state index is 0.326. The highest BCUT2D eigenvalue weighted by molar-refractivity contribution is 7.97. The Hall–Kier alpha value is -1.50. The van der Waals surface area contributed by atoms with Crippen molar-refractivity contribution in [2.24, 2.45) is 0 Å². The van der Waals surface area contributed by atoms with E-state index in [1.54, 1.807) is 18.2 Å². The molecule has 1 aromatic carbocycles. The molecule has 1 atom stereocenters. The van der Waals surface area contributed by atoms with Crippen molar-refractivity contribution in [3.63, 3.8) is 0 Å². The van der Waals surface area contributed by atoms with Gasteiger partial charge in [0.15, 0.2) is 4.90 Å². The fourth-order valence-electron chi connectivity index (χ4n) is 1.56. The number of benzene rings is 1. The fourth-order valence-corrected chi connectivity index (χ4v) is 2.45. The summed E-state index contributed by atoms with van der Waals surface area (Å²) < 4.78 is 21.3. The van der Waals surface area contributed by atoms with E-state index in [2.05, 4.69) is 15.3 Å². The lowest BCUT2D eigenvalue weighted by molar-refractivity contribution is 0.503. The molecule has 100 valence electrons. The molecule has 7 heteroatoms. The maximum Gasteiger partial charge on any atom is 0.244 e. The van der Waals surface area contributed by atoms with Crippen LogP contribution in [0.3, 0.4) is 0 Å². The van der Waals surface area contributed by atoms with Crippen molar-refractivity contribution in [1.29, 1.82) is 0 Å². The monoisotopic (exact) mass is 298 g/mol. The summed E-state index contributed by atoms with van der Waals surface area (Å²) in [6, 6.07) is 6.67. The molecule has 1 unspecified atom stereocenters. The Morgan fingerprint density at radius 1 is 1.37 bits per heavy atom. The van der Waals surface area contributed by atoms with Crippen LogP contribution >= 0.6 is 11.6 Å². The molecule has 2 rings (SSSR count). The van der Waals surface area contributed by atoms with Crippen LogP contribution in [0.2, 0.25) is 5.15 Å². The van der Waals surface area contributed by atoms with Gasteiger partial charge in [-0.15, -0.1) is 0 Å². The first-order valence-electron chi connectivity index (χ1n) is 5.43. The second-order valence-corrected chi connectivity index (χ2v) is 6.63. The van der Waals surface area contributed by atoms with E-state index in [-0.39, 0.29) is 0 Å². The number of rotatable bonds is 3. The molecule has 2 N–H and O–H groups in total. The summed E-state index contributed by atoms with van der Waals surface area (Å²) in [5.74, 6) is 0.338. The van der Waals surface area contributed by atoms with Crippen LogP contribution < -0.4 is 5.32 Å². The first-order chi connectivity index (χ1) is 8.84. The number of aryl methyl sites for hydroxylation is 1. The topological polar surface area (TPSA) is 75.1 Å². The van der Waals surface area contributed by atoms with Gasteiger partial charge in [0.05, 0.1) is 0 Å². The van der Waals surface area contributed by atoms with Crippen LogP contribution in [0.5, 0.6) is 0 Å². The minimum atomic E-state index is -3.01. The molecule has 2 aromatic rings. The van der Waals surface area contributed by atoms with Gasteiger partial charge in [-0.25, -0.2) is 9.97 Å². The average Bonchev–Trinajstić information content (AvgIpc) is 2.26. The van der Waals surface area contributed by atoms with Crippen LogP contribution in [0, 0.1) is 6.92 Å². The number of nitrogens with one attached hydrogen (secondary N) is 1. The van der Waals surface area contributed by atoms with Crippen molar-refractivity contribution in [3.8, 4) is 0 Å². The van der Waals surface area contributed by atoms with Crippen molar-refractivity contribution in [1.82, 2.24) is 9.97 Å². The van der Waals surface area contributed by atoms with Crippen molar-refractivity contribution >= 4 is 33.5 Å². The molecule has 0 bridgehead atoms. The van der Waals surface area contributed by atoms with Gasteiger partial charge in [0.25, 0.3) is 0 Å². The zero-order valence-electron chi connectivity index (χ0n) is 10.4. The van der Waals surface area contributed by atoms with E-state index in [0.29, 0.717) is 21.7 Å². The number of hydrogen-bond donors (Lipinski definition) is 2. The SMILES string of the molecule is Cc1cc(Nc2nccc(Cl)n2)cc([S+](C)(=O)O)c1. The predicted octanol–water partition coefficient (Wildman–Crippen LogP) is 3.14. The molecule has 0 saturated carbocycles. The number of aromatic nitrogens is 2. The van der Waals surface area contributed by atoms with Gasteiger partial charge in [0.1, 0.15) is 11.4 Å². The highest BCUT2D eigenvalue weighted by atomic mass is 35.5. The lowest BCUT2D eigenvalue weighted by Gasteiger charge is -2.07. The molecule has 0 aliphatic rings. The Kier molecular flexibility index (Phi) is 3.84. The summed E-state index contributed by atoms with van der Waals surface area (Å²) in [4.78, 5) is 8.37. The van der Waals surface area contributed by atoms with Gasteiger partial charge in [0, 0.05) is 18.0 Å². The highest BCUT2D eigenvalue weighted by Crippen LogP contribution is 2.23. The minimum Gasteiger partial charge on any atom is -0.324 e. The molecule has 1 heterocycles. The van der Waals surface area contributed by atoms with E-state index in [1.165, 1.54) is 12.5 Å². The highest BCUT2D eigenvalue weighted by Gasteiger charge is 2.22. The largest absolute Gasteiger partial charge is 0.324 e. The van der Waals surface area contributed by atoms with E-state index < -0.39 is 10.2 Å². The third-order valence-electron chi connectivity index (χ3n) is 2.37. The van der Waals surface area contributed by atoms with Gasteiger partial charge in [-0.1, -0.05) is 15.8 Å². The molecule has 19 heavy (non-hydrogen) atoms. The van der Waals surface area contributed by atoms with E-state index in [4.69, 9.17) is 11.6 Å². The van der Waals surface area contributed by atoms with E-state index in [1.807, 2.05) is 13.0 Å². The van der Waals surface area contributed by atoms with Gasteiger partial charge in [0.2, 0.25) is 16.2 Å². The maximum atomic E-state index is 11.7. The second-order valence-electron chi connectivity index (χ2n) is 4.17. The van der Waals surface area contributed by atoms with E-state index in [0.717, 1.165) is 5.56 Å². The number of halogens is 1. The Morgan fingerprint density at radius 2 is 2.11 bits per heavy atom. The summed E-state index contributed by atoms with van der Waals surface area (Å²) in [5, 5.41) is 3.28. The summed E-state index contributed by atoms with van der Waals surface area (Å²) in [6.07, 6.45) is 2.81. The quantitative estimate of drug-likeness (QED) is 0.672. The Morgan fingerprint density at radius 3 is 2.74 bits per heavy atom. The average molecular weight is 299 g/mol. The molecule has 0 aliphatic heterocycles. The standard InChI is InChI=1S/C12H12ClN3O2S/c1-8-5-9(7-10(6-8)19(2,17)18)15-12-14-4-3-11(13)16-12/h3-7H,1-2H3,(H-,14,15,16,17,18)/p+1. The smallest absolute Gasteiger partial charge is 0.244 e. The molecular formula is C12H13ClN3O2S+. The molecule has 5 nitrogen and oxygen atoms in total. The van der Waals surface area contributed by atoms with Gasteiger partial charge in [-0.05, 0) is 30.7 Å². The van der Waals surface area contributed by atoms with E-state index >= 15 is 0 Å². The van der Waals surface area contributed by atoms with Crippen molar-refractivity contribution in [3.05, 3.63) is 41.2 Å². The molecule has 1 aromatic heterocycles. The van der Waals surface area contributed by atoms with Gasteiger partial charge >= 0.3 is 0 Å². The number of hydrogen-bond acceptors (Lipinski definition) is 4. The third-order valence-corrected chi connectivity index (χ3v) is 3.69. The fraction of sp³-hybridized carbons (Fsp3) is 0.167. The van der Waals surface area contributed by atoms with Crippen molar-refractivity contribution in [2.75, 3.05) is 11.6 Å². The Labute approximate surface area is 117 Å². The number of nitrogens with zero attached hydrogens (tertiary/aromatic N) is 2. The van der Waals surface area contributed by atoms with Gasteiger partial charge in [-0.2, -0.15) is 4.55 Å². The summed E-state index contributed by atoms with van der Waals surface area (Å²) in [5.41, 5.74) is 1.51. The zero-order valence-corrected chi connectivity index (χ0v) is 12.0. The summed E-state index contributed by atoms with van der Waals surface area (Å²) >= 11 is 5.77. The van der Waals surface area contributed by atoms with Crippen LogP contribution in [0.4, 0.5) is 11.6 Å². The lowest BCUT2D eigenvalue weighted by atomic mass is 10.2. The van der Waals surface area contributed by atoms with Gasteiger partial charge < -0.3 is 5.32 Å². The van der Waals surface area contributed by atoms with E-state index in [9.17, 15) is 8.76 Å². The van der Waals surface area contributed by atoms with Gasteiger partial charge in [-0.3, -0.25) is 0 Å². The van der Waals surface area contributed by atoms with Crippen molar-refractivity contribution < 1.29 is 8.76 Å². The Bertz CT molecular complexity index is 657. The zero-order chi connectivity index (χ0) is 14.0. The molecule has 0 aliphatic carbocycles. The molecule has 0 saturated heterocycles. The second kappa shape index (κ2) is 5.24. The molecule has 0 spiro atoms. The molecule has 0 amide bonds. The first-order valence-corrected chi connectivity index (χ1v) is 7.73. The number of anilines is 2. The molecule has 0 radical (unpaired) electrons. The molecular weight excluding hydrogens is 286 g/mol. The van der Waals surface area contributed by atoms with Crippen molar-refractivity contribution in [2.45, 2.75) is 11.8 Å². The predicted molar refractivity (Wildman–Crippen MR) is 76.4 cm³/mol. The van der Waals surface area contributed by atoms with Crippen LogP contribution in [-0.4, -0.2) is 20.8 Å². The maximum absolute atomic E-state index is 11.7. The first kappa shape index (κ1) is 13.9. The van der Waals surface area contributed by atoms with Crippen LogP contribution in [0.1, 0.15) is 5.56 Å². The Balaban J connectivity index is 2.36. The van der Waals surface area contributed by atoms with Crippen LogP contribution in [-0.2, 0) is 14.4 Å². The van der Waals surface area contributed by atoms with Crippen LogP contribution in [0.15, 0.2) is 35.4 Å².